The minimum absolute atomic E-state index is 0.271. The summed E-state index contributed by atoms with van der Waals surface area (Å²) in [7, 11) is 0. The third-order valence-corrected chi connectivity index (χ3v) is 2.86. The van der Waals surface area contributed by atoms with Gasteiger partial charge in [-0.25, -0.2) is 0 Å². The van der Waals surface area contributed by atoms with E-state index in [1.165, 1.54) is 0 Å². The van der Waals surface area contributed by atoms with E-state index in [1.54, 1.807) is 0 Å². The van der Waals surface area contributed by atoms with Gasteiger partial charge in [0.15, 0.2) is 0 Å². The first kappa shape index (κ1) is 17.9. The maximum absolute atomic E-state index is 5.80. The summed E-state index contributed by atoms with van der Waals surface area (Å²) in [6, 6.07) is 1.33. The standard InChI is InChI=1S/C15H33NO2/c1-11(2)16(12(3)4)15(9-17-13(5)6)10-18-14(7)8/h11-15H,9-10H2,1-8H3. The fourth-order valence-corrected chi connectivity index (χ4v) is 2.27. The molecule has 0 unspecified atom stereocenters. The predicted molar refractivity (Wildman–Crippen MR) is 78.1 cm³/mol. The van der Waals surface area contributed by atoms with Gasteiger partial charge in [0.05, 0.1) is 31.5 Å². The molecule has 0 heterocycles. The Bertz CT molecular complexity index is 183. The molecule has 110 valence electrons. The highest BCUT2D eigenvalue weighted by Gasteiger charge is 2.24. The number of nitrogens with zero attached hydrogens (tertiary/aromatic N) is 1. The van der Waals surface area contributed by atoms with Crippen LogP contribution in [0.2, 0.25) is 0 Å². The molecule has 0 aliphatic heterocycles. The summed E-state index contributed by atoms with van der Waals surface area (Å²) in [6.45, 7) is 18.7. The van der Waals surface area contributed by atoms with Crippen LogP contribution in [0.25, 0.3) is 0 Å². The van der Waals surface area contributed by atoms with E-state index in [2.05, 4.69) is 60.3 Å². The second-order valence-corrected chi connectivity index (χ2v) is 6.05. The van der Waals surface area contributed by atoms with Crippen molar-refractivity contribution < 1.29 is 9.47 Å². The van der Waals surface area contributed by atoms with E-state index < -0.39 is 0 Å². The van der Waals surface area contributed by atoms with Gasteiger partial charge in [0, 0.05) is 12.1 Å². The number of hydrogen-bond donors (Lipinski definition) is 0. The number of ether oxygens (including phenoxy) is 2. The van der Waals surface area contributed by atoms with Crippen LogP contribution in [-0.4, -0.2) is 48.4 Å². The van der Waals surface area contributed by atoms with Crippen LogP contribution in [0.15, 0.2) is 0 Å². The van der Waals surface area contributed by atoms with Gasteiger partial charge in [0.1, 0.15) is 0 Å². The van der Waals surface area contributed by atoms with Crippen molar-refractivity contribution in [1.82, 2.24) is 4.90 Å². The molecule has 0 radical (unpaired) electrons. The zero-order valence-corrected chi connectivity index (χ0v) is 13.6. The zero-order valence-electron chi connectivity index (χ0n) is 13.6. The van der Waals surface area contributed by atoms with Gasteiger partial charge in [0.25, 0.3) is 0 Å². The van der Waals surface area contributed by atoms with E-state index >= 15 is 0 Å². The van der Waals surface area contributed by atoms with Crippen LogP contribution in [0.3, 0.4) is 0 Å². The van der Waals surface area contributed by atoms with Gasteiger partial charge in [-0.1, -0.05) is 0 Å². The van der Waals surface area contributed by atoms with E-state index in [9.17, 15) is 0 Å². The van der Waals surface area contributed by atoms with Crippen LogP contribution >= 0.6 is 0 Å². The lowest BCUT2D eigenvalue weighted by molar-refractivity contribution is -0.0462. The average molecular weight is 259 g/mol. The molecule has 0 fully saturated rings. The molecule has 18 heavy (non-hydrogen) atoms. The highest BCUT2D eigenvalue weighted by molar-refractivity contribution is 4.78. The fraction of sp³-hybridized carbons (Fsp3) is 1.00. The molecule has 0 rings (SSSR count). The predicted octanol–water partition coefficient (Wildman–Crippen LogP) is 3.32. The molecule has 0 spiro atoms. The second kappa shape index (κ2) is 8.89. The van der Waals surface area contributed by atoms with E-state index in [1.807, 2.05) is 0 Å². The topological polar surface area (TPSA) is 21.7 Å². The summed E-state index contributed by atoms with van der Waals surface area (Å²) in [4.78, 5) is 2.48. The van der Waals surface area contributed by atoms with E-state index in [0.717, 1.165) is 13.2 Å². The summed E-state index contributed by atoms with van der Waals surface area (Å²) in [5, 5.41) is 0. The van der Waals surface area contributed by atoms with Gasteiger partial charge in [0.2, 0.25) is 0 Å². The Kier molecular flexibility index (Phi) is 8.83. The normalized spacial score (nSPS) is 13.0. The molecule has 0 amide bonds. The van der Waals surface area contributed by atoms with E-state index in [-0.39, 0.29) is 12.2 Å². The smallest absolute Gasteiger partial charge is 0.0648 e. The van der Waals surface area contributed by atoms with E-state index in [4.69, 9.17) is 9.47 Å². The molecule has 0 bridgehead atoms. The van der Waals surface area contributed by atoms with Crippen LogP contribution in [0.1, 0.15) is 55.4 Å². The first-order chi connectivity index (χ1) is 8.25. The van der Waals surface area contributed by atoms with Crippen molar-refractivity contribution in [2.24, 2.45) is 0 Å². The quantitative estimate of drug-likeness (QED) is 0.634. The first-order valence-corrected chi connectivity index (χ1v) is 7.26. The Hall–Kier alpha value is -0.120. The maximum Gasteiger partial charge on any atom is 0.0648 e. The van der Waals surface area contributed by atoms with Crippen molar-refractivity contribution >= 4 is 0 Å². The van der Waals surface area contributed by atoms with Crippen LogP contribution < -0.4 is 0 Å². The highest BCUT2D eigenvalue weighted by Crippen LogP contribution is 2.13. The summed E-state index contributed by atoms with van der Waals surface area (Å²) in [5.41, 5.74) is 0. The molecule has 0 aromatic carbocycles. The van der Waals surface area contributed by atoms with E-state index in [0.29, 0.717) is 18.1 Å². The fourth-order valence-electron chi connectivity index (χ4n) is 2.27. The minimum Gasteiger partial charge on any atom is -0.377 e. The van der Waals surface area contributed by atoms with Crippen molar-refractivity contribution in [3.05, 3.63) is 0 Å². The van der Waals surface area contributed by atoms with Crippen molar-refractivity contribution in [1.29, 1.82) is 0 Å². The molecule has 0 aromatic rings. The molecule has 3 heteroatoms. The average Bonchev–Trinajstić information content (AvgIpc) is 2.20. The Labute approximate surface area is 114 Å². The lowest BCUT2D eigenvalue weighted by Crippen LogP contribution is -2.50. The van der Waals surface area contributed by atoms with Crippen LogP contribution in [0.5, 0.6) is 0 Å². The molecular formula is C15H33NO2. The molecule has 3 nitrogen and oxygen atoms in total. The van der Waals surface area contributed by atoms with Crippen molar-refractivity contribution in [2.45, 2.75) is 85.7 Å². The van der Waals surface area contributed by atoms with Crippen LogP contribution in [-0.2, 0) is 9.47 Å². The lowest BCUT2D eigenvalue weighted by Gasteiger charge is -2.38. The number of rotatable bonds is 9. The number of hydrogen-bond acceptors (Lipinski definition) is 3. The third kappa shape index (κ3) is 7.34. The van der Waals surface area contributed by atoms with Crippen molar-refractivity contribution in [3.63, 3.8) is 0 Å². The van der Waals surface area contributed by atoms with Crippen LogP contribution in [0.4, 0.5) is 0 Å². The minimum atomic E-state index is 0.271. The highest BCUT2D eigenvalue weighted by atomic mass is 16.5. The van der Waals surface area contributed by atoms with Crippen molar-refractivity contribution in [2.75, 3.05) is 13.2 Å². The lowest BCUT2D eigenvalue weighted by atomic mass is 10.1. The van der Waals surface area contributed by atoms with Crippen LogP contribution in [0, 0.1) is 0 Å². The maximum atomic E-state index is 5.80. The molecule has 0 aromatic heterocycles. The van der Waals surface area contributed by atoms with Gasteiger partial charge >= 0.3 is 0 Å². The molecule has 0 atom stereocenters. The molecule has 0 aliphatic rings. The molecule has 0 saturated heterocycles. The second-order valence-electron chi connectivity index (χ2n) is 6.05. The molecule has 0 aliphatic carbocycles. The SMILES string of the molecule is CC(C)OCC(COC(C)C)N(C(C)C)C(C)C. The van der Waals surface area contributed by atoms with Gasteiger partial charge < -0.3 is 9.47 Å². The third-order valence-electron chi connectivity index (χ3n) is 2.86. The van der Waals surface area contributed by atoms with Gasteiger partial charge in [-0.3, -0.25) is 4.90 Å². The van der Waals surface area contributed by atoms with Crippen molar-refractivity contribution in [3.8, 4) is 0 Å². The monoisotopic (exact) mass is 259 g/mol. The zero-order chi connectivity index (χ0) is 14.3. The molecule has 0 saturated carbocycles. The molecular weight excluding hydrogens is 226 g/mol. The Morgan fingerprint density at radius 2 is 1.00 bits per heavy atom. The summed E-state index contributed by atoms with van der Waals surface area (Å²) in [6.07, 6.45) is 0.542. The summed E-state index contributed by atoms with van der Waals surface area (Å²) < 4.78 is 11.6. The van der Waals surface area contributed by atoms with Gasteiger partial charge in [-0.2, -0.15) is 0 Å². The molecule has 0 N–H and O–H groups in total. The van der Waals surface area contributed by atoms with Gasteiger partial charge in [-0.15, -0.1) is 0 Å². The Morgan fingerprint density at radius 3 is 1.22 bits per heavy atom. The largest absolute Gasteiger partial charge is 0.377 e. The summed E-state index contributed by atoms with van der Waals surface area (Å²) >= 11 is 0. The summed E-state index contributed by atoms with van der Waals surface area (Å²) in [5.74, 6) is 0. The van der Waals surface area contributed by atoms with Gasteiger partial charge in [-0.05, 0) is 55.4 Å². The first-order valence-electron chi connectivity index (χ1n) is 7.26. The Balaban J connectivity index is 4.58. The Morgan fingerprint density at radius 1 is 0.667 bits per heavy atom.